The molecule has 0 aliphatic carbocycles. The summed E-state index contributed by atoms with van der Waals surface area (Å²) < 4.78 is 33.0. The van der Waals surface area contributed by atoms with E-state index in [4.69, 9.17) is 4.74 Å². The van der Waals surface area contributed by atoms with Crippen molar-refractivity contribution in [2.75, 3.05) is 49.6 Å². The van der Waals surface area contributed by atoms with E-state index in [0.717, 1.165) is 38.0 Å². The van der Waals surface area contributed by atoms with Crippen LogP contribution in [-0.4, -0.2) is 62.9 Å². The van der Waals surface area contributed by atoms with Crippen molar-refractivity contribution in [3.63, 3.8) is 0 Å². The van der Waals surface area contributed by atoms with Gasteiger partial charge in [0.15, 0.2) is 0 Å². The number of nitrogens with zero attached hydrogens (tertiary/aromatic N) is 3. The number of nitrogens with one attached hydrogen (secondary N) is 1. The standard InChI is InChI=1S/C22H26N4O6S/c27-22(17-5-4-6-18(15-17)26(28)29)23-20-16-19(33(30,31)25-11-13-32-14-12-25)7-8-21(20)24-9-2-1-3-10-24/h4-8,15-16H,1-3,9-14H2,(H,23,27). The molecule has 0 bridgehead atoms. The minimum atomic E-state index is -3.76. The fraction of sp³-hybridized carbons (Fsp3) is 0.409. The third kappa shape index (κ3) is 5.15. The largest absolute Gasteiger partial charge is 0.379 e. The molecule has 2 saturated heterocycles. The predicted octanol–water partition coefficient (Wildman–Crippen LogP) is 2.86. The minimum Gasteiger partial charge on any atom is -0.379 e. The molecule has 4 rings (SSSR count). The van der Waals surface area contributed by atoms with E-state index in [1.54, 1.807) is 12.1 Å². The van der Waals surface area contributed by atoms with Gasteiger partial charge in [0, 0.05) is 43.9 Å². The smallest absolute Gasteiger partial charge is 0.270 e. The van der Waals surface area contributed by atoms with Crippen molar-refractivity contribution in [1.29, 1.82) is 0 Å². The minimum absolute atomic E-state index is 0.0829. The Hall–Kier alpha value is -3.02. The molecular formula is C22H26N4O6S. The third-order valence-corrected chi connectivity index (χ3v) is 7.73. The zero-order valence-electron chi connectivity index (χ0n) is 18.1. The molecule has 33 heavy (non-hydrogen) atoms. The third-order valence-electron chi connectivity index (χ3n) is 5.84. The summed E-state index contributed by atoms with van der Waals surface area (Å²) in [5.74, 6) is -0.544. The lowest BCUT2D eigenvalue weighted by molar-refractivity contribution is -0.384. The van der Waals surface area contributed by atoms with Crippen molar-refractivity contribution in [3.8, 4) is 0 Å². The van der Waals surface area contributed by atoms with Crippen LogP contribution < -0.4 is 10.2 Å². The van der Waals surface area contributed by atoms with E-state index < -0.39 is 20.9 Å². The van der Waals surface area contributed by atoms with Crippen LogP contribution in [0.1, 0.15) is 29.6 Å². The number of sulfonamides is 1. The second-order valence-electron chi connectivity index (χ2n) is 8.00. The second-order valence-corrected chi connectivity index (χ2v) is 9.94. The van der Waals surface area contributed by atoms with Gasteiger partial charge in [-0.3, -0.25) is 14.9 Å². The van der Waals surface area contributed by atoms with E-state index in [1.807, 2.05) is 0 Å². The van der Waals surface area contributed by atoms with Gasteiger partial charge in [-0.1, -0.05) is 6.07 Å². The van der Waals surface area contributed by atoms with Gasteiger partial charge in [-0.15, -0.1) is 0 Å². The van der Waals surface area contributed by atoms with Crippen molar-refractivity contribution in [2.24, 2.45) is 0 Å². The van der Waals surface area contributed by atoms with E-state index in [-0.39, 0.29) is 29.2 Å². The summed E-state index contributed by atoms with van der Waals surface area (Å²) in [4.78, 5) is 25.7. The first-order valence-corrected chi connectivity index (χ1v) is 12.3. The number of hydrogen-bond acceptors (Lipinski definition) is 7. The normalized spacial score (nSPS) is 17.5. The lowest BCUT2D eigenvalue weighted by atomic mass is 10.1. The van der Waals surface area contributed by atoms with Crippen LogP contribution in [0.5, 0.6) is 0 Å². The monoisotopic (exact) mass is 474 g/mol. The summed E-state index contributed by atoms with van der Waals surface area (Å²) in [6.07, 6.45) is 3.13. The molecule has 1 amide bonds. The average molecular weight is 475 g/mol. The maximum Gasteiger partial charge on any atom is 0.270 e. The second kappa shape index (κ2) is 9.86. The molecule has 0 aromatic heterocycles. The first-order chi connectivity index (χ1) is 15.9. The van der Waals surface area contributed by atoms with E-state index >= 15 is 0 Å². The van der Waals surface area contributed by atoms with Crippen LogP contribution >= 0.6 is 0 Å². The Bertz CT molecular complexity index is 1140. The van der Waals surface area contributed by atoms with Gasteiger partial charge in [0.1, 0.15) is 0 Å². The molecule has 2 aromatic carbocycles. The predicted molar refractivity (Wildman–Crippen MR) is 123 cm³/mol. The molecule has 2 heterocycles. The zero-order chi connectivity index (χ0) is 23.4. The van der Waals surface area contributed by atoms with Gasteiger partial charge in [0.25, 0.3) is 11.6 Å². The molecule has 0 unspecified atom stereocenters. The van der Waals surface area contributed by atoms with Crippen molar-refractivity contribution < 1.29 is 22.9 Å². The quantitative estimate of drug-likeness (QED) is 0.505. The topological polar surface area (TPSA) is 122 Å². The summed E-state index contributed by atoms with van der Waals surface area (Å²) in [6, 6.07) is 10.2. The summed E-state index contributed by atoms with van der Waals surface area (Å²) in [5.41, 5.74) is 1.02. The number of hydrogen-bond donors (Lipinski definition) is 1. The molecule has 11 heteroatoms. The Morgan fingerprint density at radius 1 is 1.00 bits per heavy atom. The molecule has 176 valence electrons. The van der Waals surface area contributed by atoms with Crippen molar-refractivity contribution in [2.45, 2.75) is 24.2 Å². The summed E-state index contributed by atoms with van der Waals surface area (Å²) >= 11 is 0. The molecule has 2 aromatic rings. The number of carbonyl (C=O) groups is 1. The molecule has 2 fully saturated rings. The Morgan fingerprint density at radius 2 is 1.73 bits per heavy atom. The Kier molecular flexibility index (Phi) is 6.91. The van der Waals surface area contributed by atoms with Crippen LogP contribution in [0, 0.1) is 10.1 Å². The number of carbonyl (C=O) groups excluding carboxylic acids is 1. The highest BCUT2D eigenvalue weighted by atomic mass is 32.2. The van der Waals surface area contributed by atoms with Crippen LogP contribution in [-0.2, 0) is 14.8 Å². The van der Waals surface area contributed by atoms with E-state index in [2.05, 4.69) is 10.2 Å². The van der Waals surface area contributed by atoms with Crippen molar-refractivity contribution in [3.05, 3.63) is 58.1 Å². The SMILES string of the molecule is O=C(Nc1cc(S(=O)(=O)N2CCOCC2)ccc1N1CCCCC1)c1cccc([N+](=O)[O-])c1. The molecule has 0 spiro atoms. The Balaban J connectivity index is 1.68. The van der Waals surface area contributed by atoms with E-state index in [1.165, 1.54) is 34.6 Å². The Morgan fingerprint density at radius 3 is 2.42 bits per heavy atom. The van der Waals surface area contributed by atoms with Gasteiger partial charge in [-0.05, 0) is 43.5 Å². The van der Waals surface area contributed by atoms with Gasteiger partial charge in [-0.25, -0.2) is 8.42 Å². The summed E-state index contributed by atoms with van der Waals surface area (Å²) in [5, 5.41) is 13.9. The maximum atomic E-state index is 13.2. The lowest BCUT2D eigenvalue weighted by Gasteiger charge is -2.31. The highest BCUT2D eigenvalue weighted by molar-refractivity contribution is 7.89. The van der Waals surface area contributed by atoms with Gasteiger partial charge < -0.3 is 15.0 Å². The highest BCUT2D eigenvalue weighted by Gasteiger charge is 2.28. The number of nitro groups is 1. The van der Waals surface area contributed by atoms with Crippen molar-refractivity contribution in [1.82, 2.24) is 4.31 Å². The molecule has 10 nitrogen and oxygen atoms in total. The molecule has 1 N–H and O–H groups in total. The van der Waals surface area contributed by atoms with Crippen molar-refractivity contribution >= 4 is 33.0 Å². The van der Waals surface area contributed by atoms with Gasteiger partial charge in [-0.2, -0.15) is 4.31 Å². The fourth-order valence-corrected chi connectivity index (χ4v) is 5.51. The number of benzene rings is 2. The number of morpholine rings is 1. The van der Waals surface area contributed by atoms with Gasteiger partial charge in [0.2, 0.25) is 10.0 Å². The first-order valence-electron chi connectivity index (χ1n) is 10.9. The highest BCUT2D eigenvalue weighted by Crippen LogP contribution is 2.32. The molecule has 2 aliphatic heterocycles. The average Bonchev–Trinajstić information content (AvgIpc) is 2.85. The maximum absolute atomic E-state index is 13.2. The number of anilines is 2. The van der Waals surface area contributed by atoms with Crippen LogP contribution in [0.15, 0.2) is 47.4 Å². The molecular weight excluding hydrogens is 448 g/mol. The van der Waals surface area contributed by atoms with Crippen LogP contribution in [0.2, 0.25) is 0 Å². The molecule has 0 radical (unpaired) electrons. The summed E-state index contributed by atoms with van der Waals surface area (Å²) in [7, 11) is -3.76. The van der Waals surface area contributed by atoms with Gasteiger partial charge in [0.05, 0.1) is 34.4 Å². The van der Waals surface area contributed by atoms with Crippen LogP contribution in [0.3, 0.4) is 0 Å². The number of nitro benzene ring substituents is 1. The number of ether oxygens (including phenoxy) is 1. The van der Waals surface area contributed by atoms with Gasteiger partial charge >= 0.3 is 0 Å². The lowest BCUT2D eigenvalue weighted by Crippen LogP contribution is -2.40. The first kappa shape index (κ1) is 23.1. The number of amides is 1. The van der Waals surface area contributed by atoms with Crippen LogP contribution in [0.25, 0.3) is 0 Å². The Labute approximate surface area is 192 Å². The fourth-order valence-electron chi connectivity index (χ4n) is 4.08. The summed E-state index contributed by atoms with van der Waals surface area (Å²) in [6.45, 7) is 2.81. The van der Waals surface area contributed by atoms with Crippen LogP contribution in [0.4, 0.5) is 17.1 Å². The molecule has 0 atom stereocenters. The van der Waals surface area contributed by atoms with E-state index in [0.29, 0.717) is 18.9 Å². The number of rotatable bonds is 6. The molecule has 0 saturated carbocycles. The number of non-ortho nitro benzene ring substituents is 1. The zero-order valence-corrected chi connectivity index (χ0v) is 18.9. The molecule has 2 aliphatic rings. The van der Waals surface area contributed by atoms with E-state index in [9.17, 15) is 23.3 Å². The number of piperidine rings is 1.